The second-order valence-corrected chi connectivity index (χ2v) is 4.59. The van der Waals surface area contributed by atoms with Crippen LogP contribution in [0.3, 0.4) is 0 Å². The average molecular weight is 263 g/mol. The van der Waals surface area contributed by atoms with Crippen LogP contribution in [0.5, 0.6) is 0 Å². The molecule has 0 aromatic carbocycles. The normalized spacial score (nSPS) is 12.9. The largest absolute Gasteiger partial charge is 0.307 e. The molecule has 1 atom stereocenters. The molecule has 0 spiro atoms. The zero-order valence-electron chi connectivity index (χ0n) is 9.15. The Bertz CT molecular complexity index is 184. The van der Waals surface area contributed by atoms with Crippen molar-refractivity contribution in [3.8, 4) is 0 Å². The summed E-state index contributed by atoms with van der Waals surface area (Å²) in [5, 5.41) is 0.116. The first-order valence-electron chi connectivity index (χ1n) is 3.94. The maximum absolute atomic E-state index is 8.49. The fourth-order valence-corrected chi connectivity index (χ4v) is 1.22. The summed E-state index contributed by atoms with van der Waals surface area (Å²) in [4.78, 5) is 2.07. The first-order valence-corrected chi connectivity index (χ1v) is 5.61. The summed E-state index contributed by atoms with van der Waals surface area (Å²) < 4.78 is 35.9. The number of halogens is 2. The van der Waals surface area contributed by atoms with E-state index in [9.17, 15) is 0 Å². The molecule has 0 radical (unpaired) electrons. The minimum Gasteiger partial charge on any atom is -0.307 e. The van der Waals surface area contributed by atoms with Gasteiger partial charge in [0, 0.05) is 6.54 Å². The van der Waals surface area contributed by atoms with Gasteiger partial charge in [-0.25, -0.2) is 23.2 Å². The van der Waals surface area contributed by atoms with Crippen molar-refractivity contribution < 1.29 is 33.5 Å². The Balaban J connectivity index is 0. The van der Waals surface area contributed by atoms with Crippen LogP contribution in [0.15, 0.2) is 0 Å². The van der Waals surface area contributed by atoms with Crippen molar-refractivity contribution in [2.75, 3.05) is 34.7 Å². The van der Waals surface area contributed by atoms with E-state index >= 15 is 0 Å². The molecule has 0 aliphatic carbocycles. The Labute approximate surface area is 96.7 Å². The molecule has 15 heavy (non-hydrogen) atoms. The maximum atomic E-state index is 8.49. The van der Waals surface area contributed by atoms with Crippen molar-refractivity contribution in [1.82, 2.24) is 4.90 Å². The number of nitrogens with zero attached hydrogens (tertiary/aromatic N) is 2. The lowest BCUT2D eigenvalue weighted by atomic mass is 10.4. The third-order valence-electron chi connectivity index (χ3n) is 0.999. The predicted octanol–water partition coefficient (Wildman–Crippen LogP) is -4.26. The van der Waals surface area contributed by atoms with E-state index in [-0.39, 0.29) is 5.38 Å². The fraction of sp³-hybridized carbons (Fsp3) is 0.857. The summed E-state index contributed by atoms with van der Waals surface area (Å²) in [5.41, 5.74) is 0. The predicted molar refractivity (Wildman–Crippen MR) is 46.4 cm³/mol. The summed E-state index contributed by atoms with van der Waals surface area (Å²) in [6.45, 7) is 0.889. The van der Waals surface area contributed by atoms with Crippen LogP contribution in [0.25, 0.3) is 0 Å². The van der Waals surface area contributed by atoms with Crippen molar-refractivity contribution in [3.05, 3.63) is 0 Å². The third kappa shape index (κ3) is 31.5. The molecule has 0 heterocycles. The van der Waals surface area contributed by atoms with Crippen LogP contribution in [0.2, 0.25) is 0 Å². The number of hydrogen-bond donors (Lipinski definition) is 0. The maximum Gasteiger partial charge on any atom is 0.158 e. The molecule has 0 saturated carbocycles. The Morgan fingerprint density at radius 2 is 1.60 bits per heavy atom. The molecule has 1 unspecified atom stereocenters. The van der Waals surface area contributed by atoms with Crippen LogP contribution in [0.1, 0.15) is 0 Å². The van der Waals surface area contributed by atoms with E-state index in [2.05, 4.69) is 4.90 Å². The van der Waals surface area contributed by atoms with Gasteiger partial charge >= 0.3 is 0 Å². The molecule has 0 aliphatic heterocycles. The van der Waals surface area contributed by atoms with E-state index < -0.39 is 10.2 Å². The molecule has 0 aliphatic rings. The molecule has 6 nitrogen and oxygen atoms in total. The summed E-state index contributed by atoms with van der Waals surface area (Å²) in [7, 11) is 3.04. The topological polar surface area (TPSA) is 98.5 Å². The quantitative estimate of drug-likeness (QED) is 0.292. The highest BCUT2D eigenvalue weighted by Crippen LogP contribution is 1.92. The average Bonchev–Trinajstić information content (AvgIpc) is 1.76. The lowest BCUT2D eigenvalue weighted by Crippen LogP contribution is -2.68. The van der Waals surface area contributed by atoms with Crippen LogP contribution < -0.4 is 18.6 Å². The standard InChI is InChI=1S/C7H16ClN2.ClHO4/c1-9(2)5-7(8)6-10(3)4;2-1(3,4)5/h5,7H,6H2,1-4H3;(H,2,3,4,5)/q+1;/p-1. The van der Waals surface area contributed by atoms with Crippen LogP contribution in [0, 0.1) is 10.2 Å². The third-order valence-corrected chi connectivity index (χ3v) is 1.25. The summed E-state index contributed by atoms with van der Waals surface area (Å²) in [5.74, 6) is 0. The molecule has 0 aromatic heterocycles. The molecular formula is C7H16Cl2N2O4. The zero-order valence-corrected chi connectivity index (χ0v) is 10.7. The molecule has 0 N–H and O–H groups in total. The summed E-state index contributed by atoms with van der Waals surface area (Å²) in [6.07, 6.45) is 1.99. The lowest BCUT2D eigenvalue weighted by Gasteiger charge is -2.17. The Kier molecular flexibility index (Phi) is 9.57. The van der Waals surface area contributed by atoms with Gasteiger partial charge in [-0.15, -0.1) is 21.8 Å². The Hall–Kier alpha value is 0.0500. The Morgan fingerprint density at radius 1 is 1.27 bits per heavy atom. The Morgan fingerprint density at radius 3 is 1.80 bits per heavy atom. The van der Waals surface area contributed by atoms with Crippen LogP contribution in [-0.4, -0.2) is 55.8 Å². The van der Waals surface area contributed by atoms with Gasteiger partial charge in [-0.1, -0.05) is 0 Å². The molecule has 0 amide bonds. The minimum atomic E-state index is -4.94. The van der Waals surface area contributed by atoms with Gasteiger partial charge < -0.3 is 4.90 Å². The smallest absolute Gasteiger partial charge is 0.158 e. The van der Waals surface area contributed by atoms with Crippen molar-refractivity contribution in [2.45, 2.75) is 5.38 Å². The van der Waals surface area contributed by atoms with E-state index in [1.54, 1.807) is 0 Å². The summed E-state index contributed by atoms with van der Waals surface area (Å²) >= 11 is 5.93. The zero-order chi connectivity index (χ0) is 12.6. The highest BCUT2D eigenvalue weighted by atomic mass is 35.7. The monoisotopic (exact) mass is 262 g/mol. The van der Waals surface area contributed by atoms with Gasteiger partial charge in [0.15, 0.2) is 6.21 Å². The number of rotatable bonds is 3. The van der Waals surface area contributed by atoms with Crippen molar-refractivity contribution in [2.24, 2.45) is 0 Å². The minimum absolute atomic E-state index is 0.116. The molecule has 0 rings (SSSR count). The van der Waals surface area contributed by atoms with Gasteiger partial charge in [0.1, 0.15) is 19.5 Å². The van der Waals surface area contributed by atoms with E-state index in [0.29, 0.717) is 0 Å². The fourth-order valence-electron chi connectivity index (χ4n) is 0.719. The number of alkyl halides is 1. The van der Waals surface area contributed by atoms with Crippen LogP contribution >= 0.6 is 11.6 Å². The van der Waals surface area contributed by atoms with Gasteiger partial charge in [0.05, 0.1) is 0 Å². The molecular weight excluding hydrogens is 247 g/mol. The molecule has 0 fully saturated rings. The molecule has 0 bridgehead atoms. The SMILES string of the molecule is CN(C)CC(Cl)C=[N+](C)C.[O-][Cl+3]([O-])([O-])[O-]. The van der Waals surface area contributed by atoms with E-state index in [4.69, 9.17) is 30.2 Å². The lowest BCUT2D eigenvalue weighted by molar-refractivity contribution is -2.00. The van der Waals surface area contributed by atoms with Gasteiger partial charge in [-0.2, -0.15) is 0 Å². The van der Waals surface area contributed by atoms with Crippen molar-refractivity contribution in [1.29, 1.82) is 0 Å². The first-order chi connectivity index (χ1) is 6.52. The number of hydrogen-bond acceptors (Lipinski definition) is 5. The molecule has 0 saturated heterocycles. The first kappa shape index (κ1) is 17.4. The molecule has 0 aromatic rings. The van der Waals surface area contributed by atoms with Gasteiger partial charge in [0.25, 0.3) is 0 Å². The van der Waals surface area contributed by atoms with E-state index in [0.717, 1.165) is 6.54 Å². The van der Waals surface area contributed by atoms with Crippen molar-refractivity contribution >= 4 is 17.8 Å². The van der Waals surface area contributed by atoms with Crippen LogP contribution in [0.4, 0.5) is 0 Å². The van der Waals surface area contributed by atoms with Gasteiger partial charge in [0.2, 0.25) is 0 Å². The van der Waals surface area contributed by atoms with E-state index in [1.165, 1.54) is 0 Å². The van der Waals surface area contributed by atoms with E-state index in [1.807, 2.05) is 39.0 Å². The highest BCUT2D eigenvalue weighted by Gasteiger charge is 2.05. The van der Waals surface area contributed by atoms with Crippen molar-refractivity contribution in [3.63, 3.8) is 0 Å². The second kappa shape index (κ2) is 8.23. The molecule has 92 valence electrons. The van der Waals surface area contributed by atoms with Gasteiger partial charge in [-0.3, -0.25) is 0 Å². The summed E-state index contributed by atoms with van der Waals surface area (Å²) in [6, 6.07) is 0. The second-order valence-electron chi connectivity index (χ2n) is 3.27. The molecule has 8 heteroatoms. The van der Waals surface area contributed by atoms with Gasteiger partial charge in [-0.05, 0) is 14.1 Å². The van der Waals surface area contributed by atoms with Crippen LogP contribution in [-0.2, 0) is 0 Å². The highest BCUT2D eigenvalue weighted by molar-refractivity contribution is 6.27.